The first-order valence-electron chi connectivity index (χ1n) is 8.80. The molecule has 0 spiro atoms. The van der Waals surface area contributed by atoms with Crippen LogP contribution in [0.3, 0.4) is 0 Å². The molecule has 1 aliphatic heterocycles. The summed E-state index contributed by atoms with van der Waals surface area (Å²) in [7, 11) is 0. The summed E-state index contributed by atoms with van der Waals surface area (Å²) in [5, 5.41) is 0. The lowest BCUT2D eigenvalue weighted by Gasteiger charge is -2.13. The Morgan fingerprint density at radius 3 is 2.68 bits per heavy atom. The van der Waals surface area contributed by atoms with E-state index in [9.17, 15) is 18.0 Å². The normalized spacial score (nSPS) is 17.2. The third-order valence-corrected chi connectivity index (χ3v) is 4.96. The maximum absolute atomic E-state index is 12.8. The summed E-state index contributed by atoms with van der Waals surface area (Å²) in [6, 6.07) is 6.68. The van der Waals surface area contributed by atoms with Crippen LogP contribution >= 0.6 is 0 Å². The van der Waals surface area contributed by atoms with Crippen LogP contribution in [0.25, 0.3) is 16.9 Å². The first-order chi connectivity index (χ1) is 13.4. The van der Waals surface area contributed by atoms with Crippen LogP contribution in [0.15, 0.2) is 55.4 Å². The second kappa shape index (κ2) is 6.78. The highest BCUT2D eigenvalue weighted by Gasteiger charge is 2.32. The number of amides is 1. The molecule has 1 saturated heterocycles. The van der Waals surface area contributed by atoms with Gasteiger partial charge in [-0.25, -0.2) is 9.97 Å². The van der Waals surface area contributed by atoms with Crippen molar-refractivity contribution in [2.24, 2.45) is 0 Å². The van der Waals surface area contributed by atoms with Crippen LogP contribution in [0.1, 0.15) is 23.7 Å². The van der Waals surface area contributed by atoms with E-state index in [0.717, 1.165) is 24.4 Å². The summed E-state index contributed by atoms with van der Waals surface area (Å²) < 4.78 is 40.4. The molecule has 1 unspecified atom stereocenters. The van der Waals surface area contributed by atoms with Crippen LogP contribution in [0.4, 0.5) is 13.2 Å². The van der Waals surface area contributed by atoms with Gasteiger partial charge in [0.15, 0.2) is 5.65 Å². The minimum atomic E-state index is -4.39. The fraction of sp³-hybridized carbons (Fsp3) is 0.250. The monoisotopic (exact) mass is 386 g/mol. The molecular weight excluding hydrogens is 369 g/mol. The number of alkyl halides is 3. The van der Waals surface area contributed by atoms with Crippen molar-refractivity contribution in [1.29, 1.82) is 0 Å². The van der Waals surface area contributed by atoms with Crippen LogP contribution < -0.4 is 0 Å². The summed E-state index contributed by atoms with van der Waals surface area (Å²) >= 11 is 0. The SMILES string of the molecule is C=CC(=O)N1CCC(c2nc(-c3ccc(C(F)(F)F)cc3)c3ncccn23)C1. The van der Waals surface area contributed by atoms with Crippen molar-refractivity contribution in [2.45, 2.75) is 18.5 Å². The topological polar surface area (TPSA) is 50.5 Å². The van der Waals surface area contributed by atoms with Crippen molar-refractivity contribution in [3.05, 3.63) is 66.8 Å². The number of carbonyl (C=O) groups is 1. The second-order valence-corrected chi connectivity index (χ2v) is 6.68. The number of nitrogens with zero attached hydrogens (tertiary/aromatic N) is 4. The van der Waals surface area contributed by atoms with E-state index in [4.69, 9.17) is 4.98 Å². The lowest BCUT2D eigenvalue weighted by molar-refractivity contribution is -0.137. The van der Waals surface area contributed by atoms with Crippen LogP contribution in [0.2, 0.25) is 0 Å². The van der Waals surface area contributed by atoms with E-state index in [0.29, 0.717) is 30.0 Å². The number of imidazole rings is 1. The lowest BCUT2D eigenvalue weighted by Crippen LogP contribution is -2.26. The number of carbonyl (C=O) groups excluding carboxylic acids is 1. The molecule has 1 amide bonds. The summed E-state index contributed by atoms with van der Waals surface area (Å²) in [4.78, 5) is 22.7. The second-order valence-electron chi connectivity index (χ2n) is 6.68. The molecule has 4 rings (SSSR count). The lowest BCUT2D eigenvalue weighted by atomic mass is 10.1. The Morgan fingerprint density at radius 1 is 1.25 bits per heavy atom. The Kier molecular flexibility index (Phi) is 4.41. The van der Waals surface area contributed by atoms with E-state index in [1.807, 2.05) is 10.6 Å². The number of fused-ring (bicyclic) bond motifs is 1. The molecular formula is C20H17F3N4O. The van der Waals surface area contributed by atoms with Crippen molar-refractivity contribution in [3.8, 4) is 11.3 Å². The Bertz CT molecular complexity index is 1040. The minimum absolute atomic E-state index is 0.0174. The molecule has 0 N–H and O–H groups in total. The summed E-state index contributed by atoms with van der Waals surface area (Å²) in [5.41, 5.74) is 0.957. The zero-order valence-corrected chi connectivity index (χ0v) is 14.9. The molecule has 2 aromatic heterocycles. The van der Waals surface area contributed by atoms with Crippen molar-refractivity contribution in [2.75, 3.05) is 13.1 Å². The van der Waals surface area contributed by atoms with Crippen molar-refractivity contribution in [1.82, 2.24) is 19.3 Å². The first kappa shape index (κ1) is 18.2. The number of likely N-dealkylation sites (tertiary alicyclic amines) is 1. The summed E-state index contributed by atoms with van der Waals surface area (Å²) in [6.07, 6.45) is 1.11. The largest absolute Gasteiger partial charge is 0.416 e. The first-order valence-corrected chi connectivity index (χ1v) is 8.80. The average molecular weight is 386 g/mol. The molecule has 1 aromatic carbocycles. The number of benzene rings is 1. The van der Waals surface area contributed by atoms with Gasteiger partial charge >= 0.3 is 6.18 Å². The van der Waals surface area contributed by atoms with Gasteiger partial charge in [-0.1, -0.05) is 18.7 Å². The van der Waals surface area contributed by atoms with Gasteiger partial charge in [-0.15, -0.1) is 0 Å². The van der Waals surface area contributed by atoms with Gasteiger partial charge in [0.2, 0.25) is 5.91 Å². The number of hydrogen-bond acceptors (Lipinski definition) is 3. The highest BCUT2D eigenvalue weighted by Crippen LogP contribution is 2.34. The third-order valence-electron chi connectivity index (χ3n) is 4.96. The molecule has 0 bridgehead atoms. The highest BCUT2D eigenvalue weighted by molar-refractivity contribution is 5.87. The number of aromatic nitrogens is 3. The standard InChI is InChI=1S/C20H17F3N4O/c1-2-16(28)26-11-8-14(12-26)18-25-17(19-24-9-3-10-27(18)19)13-4-6-15(7-5-13)20(21,22)23/h2-7,9-10,14H,1,8,11-12H2. The number of rotatable bonds is 3. The molecule has 28 heavy (non-hydrogen) atoms. The fourth-order valence-corrected chi connectivity index (χ4v) is 3.55. The Morgan fingerprint density at radius 2 is 2.00 bits per heavy atom. The van der Waals surface area contributed by atoms with Crippen molar-refractivity contribution >= 4 is 11.6 Å². The smallest absolute Gasteiger partial charge is 0.338 e. The molecule has 144 valence electrons. The van der Waals surface area contributed by atoms with E-state index >= 15 is 0 Å². The summed E-state index contributed by atoms with van der Waals surface area (Å²) in [5.74, 6) is 0.644. The van der Waals surface area contributed by atoms with Gasteiger partial charge in [-0.3, -0.25) is 9.20 Å². The van der Waals surface area contributed by atoms with Gasteiger partial charge in [0.1, 0.15) is 11.5 Å². The van der Waals surface area contributed by atoms with Crippen LogP contribution in [-0.4, -0.2) is 38.3 Å². The van der Waals surface area contributed by atoms with Crippen LogP contribution in [0.5, 0.6) is 0 Å². The van der Waals surface area contributed by atoms with E-state index < -0.39 is 11.7 Å². The Balaban J connectivity index is 1.73. The maximum atomic E-state index is 12.8. The zero-order chi connectivity index (χ0) is 19.9. The fourth-order valence-electron chi connectivity index (χ4n) is 3.55. The molecule has 1 atom stereocenters. The van der Waals surface area contributed by atoms with E-state index in [1.54, 1.807) is 17.2 Å². The molecule has 3 aromatic rings. The molecule has 0 radical (unpaired) electrons. The van der Waals surface area contributed by atoms with Crippen LogP contribution in [-0.2, 0) is 11.0 Å². The quantitative estimate of drug-likeness (QED) is 0.641. The van der Waals surface area contributed by atoms with Gasteiger partial charge in [-0.05, 0) is 30.7 Å². The highest BCUT2D eigenvalue weighted by atomic mass is 19.4. The van der Waals surface area contributed by atoms with Crippen molar-refractivity contribution in [3.63, 3.8) is 0 Å². The zero-order valence-electron chi connectivity index (χ0n) is 14.9. The molecule has 3 heterocycles. The summed E-state index contributed by atoms with van der Waals surface area (Å²) in [6.45, 7) is 4.65. The number of hydrogen-bond donors (Lipinski definition) is 0. The van der Waals surface area contributed by atoms with Gasteiger partial charge in [0.25, 0.3) is 0 Å². The predicted molar refractivity (Wildman–Crippen MR) is 97.6 cm³/mol. The van der Waals surface area contributed by atoms with E-state index in [-0.39, 0.29) is 11.8 Å². The maximum Gasteiger partial charge on any atom is 0.416 e. The molecule has 5 nitrogen and oxygen atoms in total. The molecule has 1 aliphatic rings. The minimum Gasteiger partial charge on any atom is -0.338 e. The van der Waals surface area contributed by atoms with Crippen molar-refractivity contribution < 1.29 is 18.0 Å². The van der Waals surface area contributed by atoms with E-state index in [1.165, 1.54) is 18.2 Å². The molecule has 8 heteroatoms. The van der Waals surface area contributed by atoms with Crippen LogP contribution in [0, 0.1) is 0 Å². The van der Waals surface area contributed by atoms with Gasteiger partial charge in [-0.2, -0.15) is 13.2 Å². The van der Waals surface area contributed by atoms with Gasteiger partial charge < -0.3 is 4.90 Å². The van der Waals surface area contributed by atoms with E-state index in [2.05, 4.69) is 11.6 Å². The molecule has 0 aliphatic carbocycles. The van der Waals surface area contributed by atoms with Gasteiger partial charge in [0.05, 0.1) is 5.56 Å². The van der Waals surface area contributed by atoms with Gasteiger partial charge in [0, 0.05) is 37.0 Å². The third kappa shape index (κ3) is 3.15. The number of halogens is 3. The Labute approximate surface area is 159 Å². The average Bonchev–Trinajstić information content (AvgIpc) is 3.32. The predicted octanol–water partition coefficient (Wildman–Crippen LogP) is 3.92. The molecule has 1 fully saturated rings. The Hall–Kier alpha value is -3.16. The molecule has 0 saturated carbocycles.